The van der Waals surface area contributed by atoms with E-state index in [2.05, 4.69) is 16.9 Å². The minimum atomic E-state index is -3.52. The highest BCUT2D eigenvalue weighted by Gasteiger charge is 2.44. The summed E-state index contributed by atoms with van der Waals surface area (Å²) in [5.74, 6) is 0.489. The first-order chi connectivity index (χ1) is 15.1. The van der Waals surface area contributed by atoms with E-state index in [1.165, 1.54) is 10.5 Å². The highest BCUT2D eigenvalue weighted by Crippen LogP contribution is 2.34. The highest BCUT2D eigenvalue weighted by molar-refractivity contribution is 7.88. The summed E-state index contributed by atoms with van der Waals surface area (Å²) < 4.78 is 62.1. The molecule has 1 aliphatic carbocycles. The van der Waals surface area contributed by atoms with Gasteiger partial charge >= 0.3 is 6.09 Å². The Balaban J connectivity index is 1.61. The predicted octanol–water partition coefficient (Wildman–Crippen LogP) is 3.51. The zero-order valence-electron chi connectivity index (χ0n) is 18.5. The van der Waals surface area contributed by atoms with Gasteiger partial charge in [0.15, 0.2) is 6.61 Å². The van der Waals surface area contributed by atoms with E-state index in [-0.39, 0.29) is 18.8 Å². The summed E-state index contributed by atoms with van der Waals surface area (Å²) in [5.41, 5.74) is 1.32. The maximum atomic E-state index is 12.5. The molecule has 10 heteroatoms. The number of rotatable bonds is 8. The van der Waals surface area contributed by atoms with E-state index in [1.54, 1.807) is 6.92 Å². The number of nitrogens with zero attached hydrogens (tertiary/aromatic N) is 1. The van der Waals surface area contributed by atoms with Crippen molar-refractivity contribution in [3.8, 4) is 0 Å². The molecule has 1 N–H and O–H groups in total. The first kappa shape index (κ1) is 24.9. The van der Waals surface area contributed by atoms with Crippen LogP contribution in [-0.2, 0) is 19.5 Å². The van der Waals surface area contributed by atoms with Gasteiger partial charge in [-0.3, -0.25) is 4.90 Å². The summed E-state index contributed by atoms with van der Waals surface area (Å²) >= 11 is 0. The Morgan fingerprint density at radius 3 is 2.44 bits per heavy atom. The Hall–Kier alpha value is -1.78. The van der Waals surface area contributed by atoms with Crippen LogP contribution in [0.4, 0.5) is 13.6 Å². The first-order valence-corrected chi connectivity index (χ1v) is 12.9. The number of hydrogen-bond acceptors (Lipinski definition) is 5. The van der Waals surface area contributed by atoms with Gasteiger partial charge in [0.2, 0.25) is 10.0 Å². The van der Waals surface area contributed by atoms with Gasteiger partial charge in [-0.25, -0.2) is 26.7 Å². The number of nitrogens with one attached hydrogen (secondary N) is 1. The Morgan fingerprint density at radius 2 is 1.84 bits per heavy atom. The summed E-state index contributed by atoms with van der Waals surface area (Å²) in [7, 11) is -3.52. The average molecular weight is 475 g/mol. The molecule has 180 valence electrons. The average Bonchev–Trinajstić information content (AvgIpc) is 3.04. The normalized spacial score (nSPS) is 28.8. The molecule has 7 nitrogen and oxygen atoms in total. The van der Waals surface area contributed by atoms with Crippen molar-refractivity contribution < 1.29 is 31.5 Å². The standard InChI is InChI=1S/C22H32F2N2O5S/c1-15-12-19(25-32(2,28)29)20(26(15)22(27)31-14-21(23)24)13-30-18-10-8-17(9-11-18)16-6-4-3-5-7-16/h3-7,15,17-21,25H,8-14H2,1-2H3/t15-,17?,18?,19+,20+/m1/s1. The molecule has 1 heterocycles. The van der Waals surface area contributed by atoms with Crippen molar-refractivity contribution in [3.05, 3.63) is 35.9 Å². The van der Waals surface area contributed by atoms with Crippen molar-refractivity contribution in [2.45, 2.75) is 75.6 Å². The lowest BCUT2D eigenvalue weighted by Gasteiger charge is -2.33. The second-order valence-corrected chi connectivity index (χ2v) is 10.5. The molecule has 1 amide bonds. The summed E-state index contributed by atoms with van der Waals surface area (Å²) in [5, 5.41) is 0. The molecule has 0 radical (unpaired) electrons. The van der Waals surface area contributed by atoms with Crippen LogP contribution in [0.15, 0.2) is 30.3 Å². The second-order valence-electron chi connectivity index (χ2n) is 8.74. The molecule has 3 atom stereocenters. The molecule has 2 aliphatic rings. The number of carbonyl (C=O) groups excluding carboxylic acids is 1. The smallest absolute Gasteiger partial charge is 0.410 e. The predicted molar refractivity (Wildman–Crippen MR) is 116 cm³/mol. The van der Waals surface area contributed by atoms with Gasteiger partial charge in [0.25, 0.3) is 6.43 Å². The minimum Gasteiger partial charge on any atom is -0.443 e. The van der Waals surface area contributed by atoms with E-state index in [4.69, 9.17) is 9.47 Å². The molecule has 0 spiro atoms. The number of hydrogen-bond donors (Lipinski definition) is 1. The van der Waals surface area contributed by atoms with E-state index < -0.39 is 41.2 Å². The molecule has 2 fully saturated rings. The van der Waals surface area contributed by atoms with Gasteiger partial charge in [0.05, 0.1) is 25.0 Å². The molecule has 0 aromatic heterocycles. The summed E-state index contributed by atoms with van der Waals surface area (Å²) in [4.78, 5) is 13.8. The number of benzene rings is 1. The Morgan fingerprint density at radius 1 is 1.19 bits per heavy atom. The van der Waals surface area contributed by atoms with Crippen LogP contribution in [0.5, 0.6) is 0 Å². The second kappa shape index (κ2) is 10.9. The van der Waals surface area contributed by atoms with Crippen molar-refractivity contribution in [1.82, 2.24) is 9.62 Å². The number of amides is 1. The van der Waals surface area contributed by atoms with Crippen LogP contribution in [0.25, 0.3) is 0 Å². The van der Waals surface area contributed by atoms with Gasteiger partial charge in [-0.1, -0.05) is 30.3 Å². The maximum Gasteiger partial charge on any atom is 0.410 e. The highest BCUT2D eigenvalue weighted by atomic mass is 32.2. The third kappa shape index (κ3) is 6.86. The Kier molecular flexibility index (Phi) is 8.46. The van der Waals surface area contributed by atoms with E-state index in [0.29, 0.717) is 12.3 Å². The van der Waals surface area contributed by atoms with Crippen LogP contribution in [0.3, 0.4) is 0 Å². The Labute approximate surface area is 188 Å². The topological polar surface area (TPSA) is 84.9 Å². The molecular weight excluding hydrogens is 442 g/mol. The molecule has 1 aliphatic heterocycles. The summed E-state index contributed by atoms with van der Waals surface area (Å²) in [6.07, 6.45) is 1.46. The number of sulfonamides is 1. The van der Waals surface area contributed by atoms with Gasteiger partial charge < -0.3 is 9.47 Å². The molecular formula is C22H32F2N2O5S. The SMILES string of the molecule is C[C@@H]1C[C@H](NS(C)(=O)=O)[C@H](COC2CCC(c3ccccc3)CC2)N1C(=O)OCC(F)F. The molecule has 1 aromatic rings. The maximum absolute atomic E-state index is 12.5. The summed E-state index contributed by atoms with van der Waals surface area (Å²) in [6.45, 7) is 0.858. The van der Waals surface area contributed by atoms with Crippen LogP contribution in [0.2, 0.25) is 0 Å². The van der Waals surface area contributed by atoms with E-state index in [9.17, 15) is 22.0 Å². The minimum absolute atomic E-state index is 0.00341. The van der Waals surface area contributed by atoms with Crippen LogP contribution >= 0.6 is 0 Å². The van der Waals surface area contributed by atoms with Crippen molar-refractivity contribution in [2.75, 3.05) is 19.5 Å². The number of halogens is 2. The van der Waals surface area contributed by atoms with Crippen LogP contribution in [0, 0.1) is 0 Å². The van der Waals surface area contributed by atoms with Crippen molar-refractivity contribution >= 4 is 16.1 Å². The molecule has 1 saturated heterocycles. The monoisotopic (exact) mass is 474 g/mol. The van der Waals surface area contributed by atoms with Crippen LogP contribution in [0.1, 0.15) is 50.5 Å². The number of likely N-dealkylation sites (tertiary alicyclic amines) is 1. The van der Waals surface area contributed by atoms with Crippen molar-refractivity contribution in [3.63, 3.8) is 0 Å². The lowest BCUT2D eigenvalue weighted by atomic mass is 9.83. The third-order valence-corrected chi connectivity index (χ3v) is 6.98. The van der Waals surface area contributed by atoms with Gasteiger partial charge in [-0.15, -0.1) is 0 Å². The molecule has 1 aromatic carbocycles. The van der Waals surface area contributed by atoms with E-state index in [1.807, 2.05) is 18.2 Å². The summed E-state index contributed by atoms with van der Waals surface area (Å²) in [6, 6.07) is 8.77. The zero-order chi connectivity index (χ0) is 23.3. The molecule has 32 heavy (non-hydrogen) atoms. The fourth-order valence-corrected chi connectivity index (χ4v) is 5.61. The van der Waals surface area contributed by atoms with Crippen LogP contribution in [-0.4, -0.2) is 69.5 Å². The number of carbonyl (C=O) groups is 1. The van der Waals surface area contributed by atoms with E-state index >= 15 is 0 Å². The fraction of sp³-hybridized carbons (Fsp3) is 0.682. The largest absolute Gasteiger partial charge is 0.443 e. The van der Waals surface area contributed by atoms with Crippen LogP contribution < -0.4 is 4.72 Å². The van der Waals surface area contributed by atoms with Gasteiger partial charge in [-0.05, 0) is 50.5 Å². The molecule has 3 rings (SSSR count). The quantitative estimate of drug-likeness (QED) is 0.623. The first-order valence-electron chi connectivity index (χ1n) is 11.0. The Bertz CT molecular complexity index is 847. The molecule has 0 bridgehead atoms. The fourth-order valence-electron chi connectivity index (χ4n) is 4.80. The number of ether oxygens (including phenoxy) is 2. The molecule has 0 unspecified atom stereocenters. The zero-order valence-corrected chi connectivity index (χ0v) is 19.3. The third-order valence-electron chi connectivity index (χ3n) is 6.25. The van der Waals surface area contributed by atoms with Gasteiger partial charge in [-0.2, -0.15) is 0 Å². The van der Waals surface area contributed by atoms with Crippen molar-refractivity contribution in [2.24, 2.45) is 0 Å². The lowest BCUT2D eigenvalue weighted by Crippen LogP contribution is -2.50. The van der Waals surface area contributed by atoms with Gasteiger partial charge in [0, 0.05) is 12.1 Å². The number of alkyl halides is 2. The molecule has 1 saturated carbocycles. The van der Waals surface area contributed by atoms with E-state index in [0.717, 1.165) is 31.9 Å². The van der Waals surface area contributed by atoms with Crippen molar-refractivity contribution in [1.29, 1.82) is 0 Å². The lowest BCUT2D eigenvalue weighted by molar-refractivity contribution is -0.0170. The van der Waals surface area contributed by atoms with Gasteiger partial charge in [0.1, 0.15) is 0 Å².